The third-order valence-corrected chi connectivity index (χ3v) is 2.18. The van der Waals surface area contributed by atoms with Crippen molar-refractivity contribution >= 4 is 6.09 Å². The summed E-state index contributed by atoms with van der Waals surface area (Å²) in [5.41, 5.74) is 0. The summed E-state index contributed by atoms with van der Waals surface area (Å²) in [6.07, 6.45) is -15.9. The van der Waals surface area contributed by atoms with Crippen LogP contribution in [0.5, 0.6) is 0 Å². The molecule has 0 atom stereocenters. The first-order valence-corrected chi connectivity index (χ1v) is 4.71. The maximum Gasteiger partial charge on any atom is 0.434 e. The molecule has 0 N–H and O–H groups in total. The number of rotatable bonds is 1. The summed E-state index contributed by atoms with van der Waals surface area (Å²) in [6.45, 7) is 0.225. The Kier molecular flexibility index (Phi) is 3.78. The Morgan fingerprint density at radius 1 is 1.00 bits per heavy atom. The van der Waals surface area contributed by atoms with Gasteiger partial charge in [0.2, 0.25) is 0 Å². The lowest BCUT2D eigenvalue weighted by Crippen LogP contribution is -2.47. The lowest BCUT2D eigenvalue weighted by molar-refractivity contribution is -0.308. The number of hydrogen-bond acceptors (Lipinski definition) is 2. The molecule has 0 aromatic carbocycles. The molecule has 17 heavy (non-hydrogen) atoms. The van der Waals surface area contributed by atoms with Crippen LogP contribution in [0.15, 0.2) is 0 Å². The van der Waals surface area contributed by atoms with E-state index in [2.05, 4.69) is 4.74 Å². The number of amides is 1. The molecule has 1 saturated heterocycles. The molecule has 0 bridgehead atoms. The zero-order valence-corrected chi connectivity index (χ0v) is 8.44. The van der Waals surface area contributed by atoms with Crippen molar-refractivity contribution in [2.45, 2.75) is 31.3 Å². The monoisotopic (exact) mass is 265 g/mol. The van der Waals surface area contributed by atoms with Crippen molar-refractivity contribution in [2.75, 3.05) is 13.1 Å². The number of hydrogen-bond donors (Lipinski definition) is 0. The Morgan fingerprint density at radius 2 is 1.41 bits per heavy atom. The lowest BCUT2D eigenvalue weighted by Gasteiger charge is -2.25. The fraction of sp³-hybridized carbons (Fsp3) is 0.875. The smallest absolute Gasteiger partial charge is 0.426 e. The van der Waals surface area contributed by atoms with E-state index in [1.165, 1.54) is 0 Å². The molecule has 0 saturated carbocycles. The van der Waals surface area contributed by atoms with Crippen LogP contribution in [0.1, 0.15) is 12.8 Å². The Morgan fingerprint density at radius 3 is 1.76 bits per heavy atom. The van der Waals surface area contributed by atoms with E-state index in [0.29, 0.717) is 12.8 Å². The van der Waals surface area contributed by atoms with Crippen LogP contribution in [-0.2, 0) is 4.74 Å². The van der Waals surface area contributed by atoms with E-state index in [4.69, 9.17) is 0 Å². The minimum atomic E-state index is -5.66. The second kappa shape index (κ2) is 4.61. The standard InChI is InChI=1S/C8H9F6NO2/c9-7(10,11)5(8(12,13)14)17-6(16)15-3-1-2-4-15/h5H,1-4H2. The second-order valence-corrected chi connectivity index (χ2v) is 3.54. The minimum absolute atomic E-state index is 0.112. The summed E-state index contributed by atoms with van der Waals surface area (Å²) in [4.78, 5) is 11.9. The second-order valence-electron chi connectivity index (χ2n) is 3.54. The Labute approximate surface area is 92.3 Å². The van der Waals surface area contributed by atoms with Gasteiger partial charge in [-0.3, -0.25) is 0 Å². The molecule has 100 valence electrons. The van der Waals surface area contributed by atoms with Crippen molar-refractivity contribution in [3.8, 4) is 0 Å². The van der Waals surface area contributed by atoms with E-state index in [1.807, 2.05) is 0 Å². The van der Waals surface area contributed by atoms with Crippen LogP contribution in [0.2, 0.25) is 0 Å². The van der Waals surface area contributed by atoms with Crippen molar-refractivity contribution in [3.05, 3.63) is 0 Å². The predicted molar refractivity (Wildman–Crippen MR) is 43.2 cm³/mol. The summed E-state index contributed by atoms with van der Waals surface area (Å²) in [5.74, 6) is 0. The van der Waals surface area contributed by atoms with Crippen molar-refractivity contribution in [1.29, 1.82) is 0 Å². The summed E-state index contributed by atoms with van der Waals surface area (Å²) < 4.78 is 75.8. The molecule has 0 aliphatic carbocycles. The normalized spacial score (nSPS) is 17.7. The number of halogens is 6. The molecule has 1 heterocycles. The van der Waals surface area contributed by atoms with Gasteiger partial charge >= 0.3 is 18.4 Å². The first kappa shape index (κ1) is 13.9. The van der Waals surface area contributed by atoms with Gasteiger partial charge in [-0.1, -0.05) is 0 Å². The largest absolute Gasteiger partial charge is 0.434 e. The highest BCUT2D eigenvalue weighted by Crippen LogP contribution is 2.36. The molecule has 0 spiro atoms. The summed E-state index contributed by atoms with van der Waals surface area (Å²) in [6, 6.07) is 0. The first-order valence-electron chi connectivity index (χ1n) is 4.71. The predicted octanol–water partition coefficient (Wildman–Crippen LogP) is 2.71. The molecule has 1 aliphatic heterocycles. The first-order chi connectivity index (χ1) is 7.62. The number of carbonyl (C=O) groups excluding carboxylic acids is 1. The van der Waals surface area contributed by atoms with E-state index in [9.17, 15) is 31.1 Å². The molecule has 9 heteroatoms. The molecule has 0 unspecified atom stereocenters. The van der Waals surface area contributed by atoms with E-state index in [-0.39, 0.29) is 13.1 Å². The van der Waals surface area contributed by atoms with Gasteiger partial charge in [0, 0.05) is 13.1 Å². The van der Waals surface area contributed by atoms with E-state index < -0.39 is 24.5 Å². The quantitative estimate of drug-likeness (QED) is 0.682. The molecule has 1 aliphatic rings. The van der Waals surface area contributed by atoms with Gasteiger partial charge in [-0.15, -0.1) is 0 Å². The number of ether oxygens (including phenoxy) is 1. The zero-order chi connectivity index (χ0) is 13.3. The van der Waals surface area contributed by atoms with Gasteiger partial charge in [0.05, 0.1) is 0 Å². The third-order valence-electron chi connectivity index (χ3n) is 2.18. The van der Waals surface area contributed by atoms with Crippen LogP contribution < -0.4 is 0 Å². The Bertz CT molecular complexity index is 267. The van der Waals surface area contributed by atoms with Gasteiger partial charge in [0.25, 0.3) is 6.10 Å². The van der Waals surface area contributed by atoms with Crippen LogP contribution >= 0.6 is 0 Å². The van der Waals surface area contributed by atoms with Gasteiger partial charge < -0.3 is 9.64 Å². The lowest BCUT2D eigenvalue weighted by atomic mass is 10.3. The maximum absolute atomic E-state index is 12.0. The minimum Gasteiger partial charge on any atom is -0.426 e. The highest BCUT2D eigenvalue weighted by atomic mass is 19.4. The number of nitrogens with zero attached hydrogens (tertiary/aromatic N) is 1. The zero-order valence-electron chi connectivity index (χ0n) is 8.44. The molecule has 0 aromatic rings. The summed E-state index contributed by atoms with van der Waals surface area (Å²) >= 11 is 0. The van der Waals surface area contributed by atoms with Crippen LogP contribution in [0.3, 0.4) is 0 Å². The maximum atomic E-state index is 12.0. The van der Waals surface area contributed by atoms with Gasteiger partial charge in [-0.2, -0.15) is 26.3 Å². The fourth-order valence-electron chi connectivity index (χ4n) is 1.39. The summed E-state index contributed by atoms with van der Waals surface area (Å²) in [5, 5.41) is 0. The number of carbonyl (C=O) groups is 1. The molecule has 3 nitrogen and oxygen atoms in total. The van der Waals surface area contributed by atoms with Gasteiger partial charge in [-0.05, 0) is 12.8 Å². The van der Waals surface area contributed by atoms with Crippen molar-refractivity contribution in [2.24, 2.45) is 0 Å². The van der Waals surface area contributed by atoms with E-state index in [0.717, 1.165) is 4.90 Å². The highest BCUT2D eigenvalue weighted by Gasteiger charge is 2.60. The van der Waals surface area contributed by atoms with Gasteiger partial charge in [0.15, 0.2) is 0 Å². The highest BCUT2D eigenvalue weighted by molar-refractivity contribution is 5.68. The topological polar surface area (TPSA) is 29.5 Å². The Hall–Kier alpha value is -1.15. The van der Waals surface area contributed by atoms with E-state index >= 15 is 0 Å². The van der Waals surface area contributed by atoms with Crippen LogP contribution in [0.25, 0.3) is 0 Å². The molecule has 1 fully saturated rings. The van der Waals surface area contributed by atoms with Crippen molar-refractivity contribution < 1.29 is 35.9 Å². The van der Waals surface area contributed by atoms with Crippen molar-refractivity contribution in [1.82, 2.24) is 4.90 Å². The van der Waals surface area contributed by atoms with Crippen molar-refractivity contribution in [3.63, 3.8) is 0 Å². The van der Waals surface area contributed by atoms with Crippen LogP contribution in [0, 0.1) is 0 Å². The molecule has 0 aromatic heterocycles. The fourth-order valence-corrected chi connectivity index (χ4v) is 1.39. The van der Waals surface area contributed by atoms with Crippen LogP contribution in [0.4, 0.5) is 31.1 Å². The van der Waals surface area contributed by atoms with Gasteiger partial charge in [0.1, 0.15) is 0 Å². The molecular weight excluding hydrogens is 256 g/mol. The van der Waals surface area contributed by atoms with Gasteiger partial charge in [-0.25, -0.2) is 4.79 Å². The van der Waals surface area contributed by atoms with Crippen LogP contribution in [-0.4, -0.2) is 42.5 Å². The number of alkyl halides is 6. The molecule has 1 amide bonds. The third kappa shape index (κ3) is 3.67. The molecule has 0 radical (unpaired) electrons. The average molecular weight is 265 g/mol. The Balaban J connectivity index is 2.70. The van der Waals surface area contributed by atoms with E-state index in [1.54, 1.807) is 0 Å². The summed E-state index contributed by atoms with van der Waals surface area (Å²) in [7, 11) is 0. The number of likely N-dealkylation sites (tertiary alicyclic amines) is 1. The average Bonchev–Trinajstić information content (AvgIpc) is 2.62. The molecular formula is C8H9F6NO2. The SMILES string of the molecule is O=C(OC(C(F)(F)F)C(F)(F)F)N1CCCC1. The molecule has 1 rings (SSSR count).